The number of aliphatic hydroxyl groups excluding tert-OH is 1. The van der Waals surface area contributed by atoms with Crippen molar-refractivity contribution in [1.82, 2.24) is 9.88 Å². The number of nitrogens with zero attached hydrogens (tertiary/aromatic N) is 2. The maximum Gasteiger partial charge on any atom is 0.257 e. The number of hydrogen-bond acceptors (Lipinski definition) is 7. The highest BCUT2D eigenvalue weighted by molar-refractivity contribution is 6.06. The maximum atomic E-state index is 12.8. The summed E-state index contributed by atoms with van der Waals surface area (Å²) in [6, 6.07) is 10.1. The van der Waals surface area contributed by atoms with E-state index in [9.17, 15) is 14.7 Å². The van der Waals surface area contributed by atoms with Crippen LogP contribution in [0.4, 0.5) is 0 Å². The summed E-state index contributed by atoms with van der Waals surface area (Å²) in [6.07, 6.45) is 3.10. The molecule has 33 heavy (non-hydrogen) atoms. The monoisotopic (exact) mass is 447 g/mol. The first-order valence-electron chi connectivity index (χ1n) is 10.4. The number of carbonyl (C=O) groups excluding carboxylic acids is 2. The molecule has 0 aliphatic carbocycles. The van der Waals surface area contributed by atoms with Gasteiger partial charge in [0.1, 0.15) is 29.1 Å². The number of β-amino-alcohol motifs (C(OH)–C–C–N with tert-alkyl or cyclic N) is 1. The van der Waals surface area contributed by atoms with Gasteiger partial charge in [-0.1, -0.05) is 0 Å². The number of benzene rings is 2. The van der Waals surface area contributed by atoms with Crippen molar-refractivity contribution in [1.29, 1.82) is 0 Å². The Labute approximate surface area is 188 Å². The predicted octanol–water partition coefficient (Wildman–Crippen LogP) is 3.09. The van der Waals surface area contributed by atoms with Gasteiger partial charge in [-0.15, -0.1) is 0 Å². The number of hydrogen-bond donors (Lipinski definition) is 2. The van der Waals surface area contributed by atoms with E-state index in [0.717, 1.165) is 0 Å². The topological polar surface area (TPSA) is 128 Å². The Bertz CT molecular complexity index is 1400. The highest BCUT2D eigenvalue weighted by Crippen LogP contribution is 2.35. The first-order chi connectivity index (χ1) is 15.9. The Kier molecular flexibility index (Phi) is 5.10. The van der Waals surface area contributed by atoms with Crippen LogP contribution in [0.25, 0.3) is 21.9 Å². The summed E-state index contributed by atoms with van der Waals surface area (Å²) in [5.41, 5.74) is 7.22. The molecule has 168 valence electrons. The van der Waals surface area contributed by atoms with Crippen molar-refractivity contribution in [3.05, 3.63) is 60.0 Å². The van der Waals surface area contributed by atoms with Gasteiger partial charge in [-0.05, 0) is 30.7 Å². The lowest BCUT2D eigenvalue weighted by atomic mass is 10.1. The van der Waals surface area contributed by atoms with Crippen molar-refractivity contribution in [3.63, 3.8) is 0 Å². The number of ether oxygens (including phenoxy) is 2. The van der Waals surface area contributed by atoms with Gasteiger partial charge in [0.15, 0.2) is 0 Å². The van der Waals surface area contributed by atoms with Crippen molar-refractivity contribution in [2.75, 3.05) is 20.2 Å². The zero-order valence-corrected chi connectivity index (χ0v) is 17.8. The molecule has 2 aromatic carbocycles. The molecular formula is C24H21N3O6. The molecule has 0 radical (unpaired) electrons. The van der Waals surface area contributed by atoms with Crippen LogP contribution in [0.5, 0.6) is 17.2 Å². The fourth-order valence-corrected chi connectivity index (χ4v) is 4.06. The second-order valence-corrected chi connectivity index (χ2v) is 7.85. The van der Waals surface area contributed by atoms with Crippen LogP contribution in [-0.2, 0) is 0 Å². The van der Waals surface area contributed by atoms with E-state index in [1.807, 2.05) is 0 Å². The average molecular weight is 447 g/mol. The van der Waals surface area contributed by atoms with Crippen molar-refractivity contribution in [2.24, 2.45) is 5.73 Å². The third kappa shape index (κ3) is 3.72. The number of amides is 2. The first-order valence-corrected chi connectivity index (χ1v) is 10.4. The third-order valence-electron chi connectivity index (χ3n) is 5.74. The molecular weight excluding hydrogens is 426 g/mol. The van der Waals surface area contributed by atoms with Crippen LogP contribution in [0.15, 0.2) is 53.3 Å². The van der Waals surface area contributed by atoms with E-state index < -0.39 is 12.0 Å². The summed E-state index contributed by atoms with van der Waals surface area (Å²) in [5.74, 6) is 0.490. The minimum atomic E-state index is -0.622. The maximum absolute atomic E-state index is 12.8. The lowest BCUT2D eigenvalue weighted by Gasteiger charge is -2.14. The molecule has 1 aliphatic rings. The van der Waals surface area contributed by atoms with Gasteiger partial charge in [-0.2, -0.15) is 0 Å². The normalized spacial score (nSPS) is 15.8. The number of primary amides is 1. The average Bonchev–Trinajstić information content (AvgIpc) is 3.44. The van der Waals surface area contributed by atoms with Crippen LogP contribution in [0.3, 0.4) is 0 Å². The molecule has 3 N–H and O–H groups in total. The molecule has 1 fully saturated rings. The van der Waals surface area contributed by atoms with E-state index in [2.05, 4.69) is 4.98 Å². The molecule has 3 heterocycles. The molecule has 0 spiro atoms. The zero-order chi connectivity index (χ0) is 23.1. The molecule has 0 unspecified atom stereocenters. The van der Waals surface area contributed by atoms with Crippen LogP contribution >= 0.6 is 0 Å². The molecule has 0 saturated carbocycles. The fourth-order valence-electron chi connectivity index (χ4n) is 4.06. The van der Waals surface area contributed by atoms with E-state index >= 15 is 0 Å². The molecule has 9 heteroatoms. The van der Waals surface area contributed by atoms with Gasteiger partial charge in [0, 0.05) is 42.2 Å². The number of aliphatic hydroxyl groups is 1. The summed E-state index contributed by atoms with van der Waals surface area (Å²) in [6.45, 7) is 0.834. The Morgan fingerprint density at radius 2 is 2.00 bits per heavy atom. The van der Waals surface area contributed by atoms with E-state index in [4.69, 9.17) is 19.6 Å². The zero-order valence-electron chi connectivity index (χ0n) is 17.8. The molecule has 1 atom stereocenters. The Morgan fingerprint density at radius 1 is 1.15 bits per heavy atom. The summed E-state index contributed by atoms with van der Waals surface area (Å²) < 4.78 is 16.9. The Hall–Kier alpha value is -4.11. The van der Waals surface area contributed by atoms with E-state index in [1.165, 1.54) is 13.4 Å². The highest BCUT2D eigenvalue weighted by Gasteiger charge is 2.27. The number of likely N-dealkylation sites (tertiary alicyclic amines) is 1. The van der Waals surface area contributed by atoms with Gasteiger partial charge >= 0.3 is 0 Å². The second-order valence-electron chi connectivity index (χ2n) is 7.85. The number of carbonyl (C=O) groups is 2. The molecule has 0 bridgehead atoms. The minimum Gasteiger partial charge on any atom is -0.496 e. The number of fused-ring (bicyclic) bond motifs is 2. The molecule has 9 nitrogen and oxygen atoms in total. The summed E-state index contributed by atoms with van der Waals surface area (Å²) in [4.78, 5) is 30.6. The lowest BCUT2D eigenvalue weighted by Crippen LogP contribution is -2.29. The van der Waals surface area contributed by atoms with Gasteiger partial charge in [0.25, 0.3) is 11.8 Å². The lowest BCUT2D eigenvalue weighted by molar-refractivity contribution is 0.0765. The second kappa shape index (κ2) is 8.10. The number of aromatic nitrogens is 1. The van der Waals surface area contributed by atoms with E-state index in [0.29, 0.717) is 64.2 Å². The minimum absolute atomic E-state index is 0.174. The number of methoxy groups -OCH3 is 1. The van der Waals surface area contributed by atoms with Gasteiger partial charge in [0.2, 0.25) is 0 Å². The third-order valence-corrected chi connectivity index (χ3v) is 5.74. The first kappa shape index (κ1) is 20.8. The van der Waals surface area contributed by atoms with Crippen LogP contribution in [-0.4, -0.2) is 53.1 Å². The highest BCUT2D eigenvalue weighted by atomic mass is 16.5. The molecule has 1 aliphatic heterocycles. The number of nitrogens with two attached hydrogens (primary N) is 1. The van der Waals surface area contributed by atoms with Crippen molar-refractivity contribution >= 4 is 33.7 Å². The summed E-state index contributed by atoms with van der Waals surface area (Å²) >= 11 is 0. The SMILES string of the molecule is COc1cc2nccc(Oc3ccc4c(C(=O)N5CC[C@@H](O)C5)coc4c3)c2cc1C(N)=O. The van der Waals surface area contributed by atoms with Crippen molar-refractivity contribution < 1.29 is 28.6 Å². The number of furan rings is 1. The van der Waals surface area contributed by atoms with Gasteiger partial charge in [0.05, 0.1) is 29.9 Å². The standard InChI is InChI=1S/C24H21N3O6/c1-31-21-10-19-16(9-17(21)23(25)29)20(4-6-26-19)33-14-2-3-15-18(12-32-22(15)8-14)24(30)27-7-5-13(28)11-27/h2-4,6,8-10,12-13,28H,5,7,11H2,1H3,(H2,25,29)/t13-/m1/s1. The molecule has 5 rings (SSSR count). The van der Waals surface area contributed by atoms with Gasteiger partial charge < -0.3 is 29.6 Å². The smallest absolute Gasteiger partial charge is 0.257 e. The number of rotatable bonds is 5. The summed E-state index contributed by atoms with van der Waals surface area (Å²) in [5, 5.41) is 11.0. The van der Waals surface area contributed by atoms with Gasteiger partial charge in [-0.25, -0.2) is 0 Å². The Morgan fingerprint density at radius 3 is 2.73 bits per heavy atom. The number of pyridine rings is 1. The van der Waals surface area contributed by atoms with E-state index in [-0.39, 0.29) is 11.5 Å². The van der Waals surface area contributed by atoms with Crippen LogP contribution < -0.4 is 15.2 Å². The van der Waals surface area contributed by atoms with Crippen molar-refractivity contribution in [3.8, 4) is 17.2 Å². The van der Waals surface area contributed by atoms with E-state index in [1.54, 1.807) is 47.5 Å². The largest absolute Gasteiger partial charge is 0.496 e. The van der Waals surface area contributed by atoms with Crippen LogP contribution in [0, 0.1) is 0 Å². The predicted molar refractivity (Wildman–Crippen MR) is 120 cm³/mol. The molecule has 2 amide bonds. The van der Waals surface area contributed by atoms with Gasteiger partial charge in [-0.3, -0.25) is 14.6 Å². The quantitative estimate of drug-likeness (QED) is 0.481. The molecule has 2 aromatic heterocycles. The molecule has 1 saturated heterocycles. The fraction of sp³-hybridized carbons (Fsp3) is 0.208. The van der Waals surface area contributed by atoms with Crippen LogP contribution in [0.2, 0.25) is 0 Å². The van der Waals surface area contributed by atoms with Crippen molar-refractivity contribution in [2.45, 2.75) is 12.5 Å². The molecule has 4 aromatic rings. The summed E-state index contributed by atoms with van der Waals surface area (Å²) in [7, 11) is 1.46. The van der Waals surface area contributed by atoms with Crippen LogP contribution in [0.1, 0.15) is 27.1 Å². The Balaban J connectivity index is 1.48.